The van der Waals surface area contributed by atoms with Crippen LogP contribution in [0.25, 0.3) is 0 Å². The molecular formula is C23H39NO8S. The van der Waals surface area contributed by atoms with Gasteiger partial charge in [0.25, 0.3) is 10.1 Å². The monoisotopic (exact) mass is 489 g/mol. The lowest BCUT2D eigenvalue weighted by atomic mass is 9.97. The highest BCUT2D eigenvalue weighted by molar-refractivity contribution is 7.86. The van der Waals surface area contributed by atoms with Gasteiger partial charge in [-0.1, -0.05) is 38.5 Å². The molecule has 0 bridgehead atoms. The molecule has 1 aromatic carbocycles. The number of nitrogens with one attached hydrogen (secondary N) is 1. The number of carbonyl (C=O) groups excluding carboxylic acids is 1. The molecule has 1 aromatic rings. The lowest BCUT2D eigenvalue weighted by Crippen LogP contribution is -2.32. The number of hydrogen-bond donors (Lipinski definition) is 1. The van der Waals surface area contributed by atoms with E-state index in [0.717, 1.165) is 5.56 Å². The fourth-order valence-electron chi connectivity index (χ4n) is 2.35. The van der Waals surface area contributed by atoms with E-state index in [2.05, 4.69) is 26.1 Å². The van der Waals surface area contributed by atoms with Crippen LogP contribution >= 0.6 is 0 Å². The first kappa shape index (κ1) is 29.5. The zero-order chi connectivity index (χ0) is 24.6. The minimum Gasteiger partial charge on any atom is -0.379 e. The van der Waals surface area contributed by atoms with Gasteiger partial charge in [0.2, 0.25) is 5.91 Å². The molecule has 0 aliphatic heterocycles. The van der Waals surface area contributed by atoms with Crippen LogP contribution in [0.3, 0.4) is 0 Å². The molecule has 0 heterocycles. The van der Waals surface area contributed by atoms with E-state index in [0.29, 0.717) is 59.2 Å². The van der Waals surface area contributed by atoms with Gasteiger partial charge in [0.1, 0.15) is 0 Å². The SMILES string of the molecule is Cc1ccc(S(=O)(=O)OCCOCCOCCOCCOCCC(=O)NCC(C)(C)C)cc1. The van der Waals surface area contributed by atoms with Crippen molar-refractivity contribution in [3.8, 4) is 0 Å². The average Bonchev–Trinajstić information content (AvgIpc) is 2.74. The Bertz CT molecular complexity index is 760. The zero-order valence-corrected chi connectivity index (χ0v) is 21.1. The van der Waals surface area contributed by atoms with Gasteiger partial charge in [0, 0.05) is 13.0 Å². The van der Waals surface area contributed by atoms with Crippen molar-refractivity contribution in [1.29, 1.82) is 0 Å². The second-order valence-electron chi connectivity index (χ2n) is 8.63. The Balaban J connectivity index is 1.87. The van der Waals surface area contributed by atoms with Gasteiger partial charge >= 0.3 is 0 Å². The van der Waals surface area contributed by atoms with E-state index in [-0.39, 0.29) is 29.4 Å². The summed E-state index contributed by atoms with van der Waals surface area (Å²) in [4.78, 5) is 11.8. The molecule has 1 rings (SSSR count). The van der Waals surface area contributed by atoms with Gasteiger partial charge < -0.3 is 24.3 Å². The van der Waals surface area contributed by atoms with Crippen molar-refractivity contribution in [2.45, 2.75) is 39.0 Å². The normalized spacial score (nSPS) is 12.1. The highest BCUT2D eigenvalue weighted by Crippen LogP contribution is 2.13. The molecule has 0 saturated carbocycles. The zero-order valence-electron chi connectivity index (χ0n) is 20.3. The molecule has 9 nitrogen and oxygen atoms in total. The first-order valence-corrected chi connectivity index (χ1v) is 12.5. The molecule has 0 aliphatic carbocycles. The summed E-state index contributed by atoms with van der Waals surface area (Å²) in [5, 5.41) is 2.87. The number of ether oxygens (including phenoxy) is 4. The third-order valence-corrected chi connectivity index (χ3v) is 5.51. The molecule has 1 amide bonds. The fourth-order valence-corrected chi connectivity index (χ4v) is 3.25. The minimum atomic E-state index is -3.76. The van der Waals surface area contributed by atoms with Crippen LogP contribution in [0, 0.1) is 12.3 Å². The van der Waals surface area contributed by atoms with Crippen LogP contribution in [-0.2, 0) is 38.0 Å². The summed E-state index contributed by atoms with van der Waals surface area (Å²) in [5.74, 6) is -0.0130. The molecule has 0 spiro atoms. The first-order valence-electron chi connectivity index (χ1n) is 11.1. The van der Waals surface area contributed by atoms with E-state index in [1.54, 1.807) is 12.1 Å². The predicted octanol–water partition coefficient (Wildman–Crippen LogP) is 2.32. The Kier molecular flexibility index (Phi) is 14.4. The van der Waals surface area contributed by atoms with Crippen LogP contribution in [0.5, 0.6) is 0 Å². The van der Waals surface area contributed by atoms with E-state index < -0.39 is 10.1 Å². The van der Waals surface area contributed by atoms with Crippen molar-refractivity contribution in [3.63, 3.8) is 0 Å². The lowest BCUT2D eigenvalue weighted by molar-refractivity contribution is -0.122. The second-order valence-corrected chi connectivity index (χ2v) is 10.2. The van der Waals surface area contributed by atoms with Gasteiger partial charge in [0.05, 0.1) is 64.4 Å². The molecule has 0 saturated heterocycles. The Labute approximate surface area is 198 Å². The predicted molar refractivity (Wildman–Crippen MR) is 125 cm³/mol. The molecule has 1 N–H and O–H groups in total. The van der Waals surface area contributed by atoms with Gasteiger partial charge in [-0.3, -0.25) is 8.98 Å². The second kappa shape index (κ2) is 16.1. The fraction of sp³-hybridized carbons (Fsp3) is 0.696. The van der Waals surface area contributed by atoms with Crippen molar-refractivity contribution < 1.29 is 36.3 Å². The van der Waals surface area contributed by atoms with E-state index in [1.807, 2.05) is 6.92 Å². The van der Waals surface area contributed by atoms with Crippen molar-refractivity contribution in [1.82, 2.24) is 5.32 Å². The summed E-state index contributed by atoms with van der Waals surface area (Å²) in [6, 6.07) is 6.47. The summed E-state index contributed by atoms with van der Waals surface area (Å²) in [5.41, 5.74) is 1.04. The Hall–Kier alpha value is -1.56. The standard InChI is InChI=1S/C23H39NO8S/c1-20-5-7-21(8-6-20)33(26,27)32-18-17-31-16-15-30-14-13-29-12-11-28-10-9-22(25)24-19-23(2,3)4/h5-8H,9-19H2,1-4H3,(H,24,25). The third-order valence-electron chi connectivity index (χ3n) is 4.18. The van der Waals surface area contributed by atoms with Gasteiger partial charge in [-0.2, -0.15) is 8.42 Å². The molecule has 0 aromatic heterocycles. The summed E-state index contributed by atoms with van der Waals surface area (Å²) >= 11 is 0. The Morgan fingerprint density at radius 1 is 0.788 bits per heavy atom. The highest BCUT2D eigenvalue weighted by atomic mass is 32.2. The molecule has 10 heteroatoms. The van der Waals surface area contributed by atoms with Crippen molar-refractivity contribution >= 4 is 16.0 Å². The van der Waals surface area contributed by atoms with Crippen molar-refractivity contribution in [3.05, 3.63) is 29.8 Å². The first-order chi connectivity index (χ1) is 15.6. The summed E-state index contributed by atoms with van der Waals surface area (Å²) in [6.45, 7) is 11.6. The lowest BCUT2D eigenvalue weighted by Gasteiger charge is -2.18. The molecule has 33 heavy (non-hydrogen) atoms. The van der Waals surface area contributed by atoms with Gasteiger partial charge in [-0.15, -0.1) is 0 Å². The molecule has 190 valence electrons. The number of carbonyl (C=O) groups is 1. The number of amides is 1. The number of hydrogen-bond acceptors (Lipinski definition) is 8. The number of aryl methyl sites for hydroxylation is 1. The quantitative estimate of drug-likeness (QED) is 0.247. The Morgan fingerprint density at radius 2 is 1.24 bits per heavy atom. The van der Waals surface area contributed by atoms with Crippen LogP contribution in [-0.4, -0.2) is 80.3 Å². The molecular weight excluding hydrogens is 450 g/mol. The van der Waals surface area contributed by atoms with Crippen LogP contribution in [0.4, 0.5) is 0 Å². The maximum Gasteiger partial charge on any atom is 0.297 e. The summed E-state index contributed by atoms with van der Waals surface area (Å²) < 4.78 is 50.4. The van der Waals surface area contributed by atoms with Crippen LogP contribution in [0.2, 0.25) is 0 Å². The van der Waals surface area contributed by atoms with E-state index >= 15 is 0 Å². The molecule has 0 unspecified atom stereocenters. The Morgan fingerprint density at radius 3 is 1.73 bits per heavy atom. The number of rotatable bonds is 18. The van der Waals surface area contributed by atoms with Crippen LogP contribution in [0.1, 0.15) is 32.8 Å². The molecule has 0 atom stereocenters. The summed E-state index contributed by atoms with van der Waals surface area (Å²) in [6.07, 6.45) is 0.335. The van der Waals surface area contributed by atoms with Crippen molar-refractivity contribution in [2.24, 2.45) is 5.41 Å². The minimum absolute atomic E-state index is 0.0130. The molecule has 0 aliphatic rings. The van der Waals surface area contributed by atoms with Gasteiger partial charge in [-0.25, -0.2) is 0 Å². The maximum absolute atomic E-state index is 12.0. The van der Waals surface area contributed by atoms with Crippen LogP contribution in [0.15, 0.2) is 29.2 Å². The summed E-state index contributed by atoms with van der Waals surface area (Å²) in [7, 11) is -3.76. The van der Waals surface area contributed by atoms with E-state index in [1.165, 1.54) is 12.1 Å². The molecule has 0 fully saturated rings. The average molecular weight is 490 g/mol. The maximum atomic E-state index is 12.0. The highest BCUT2D eigenvalue weighted by Gasteiger charge is 2.14. The van der Waals surface area contributed by atoms with Crippen LogP contribution < -0.4 is 5.32 Å². The van der Waals surface area contributed by atoms with Crippen molar-refractivity contribution in [2.75, 3.05) is 66.0 Å². The van der Waals surface area contributed by atoms with Gasteiger partial charge in [-0.05, 0) is 24.5 Å². The largest absolute Gasteiger partial charge is 0.379 e. The van der Waals surface area contributed by atoms with Gasteiger partial charge in [0.15, 0.2) is 0 Å². The topological polar surface area (TPSA) is 109 Å². The number of benzene rings is 1. The van der Waals surface area contributed by atoms with E-state index in [9.17, 15) is 13.2 Å². The third kappa shape index (κ3) is 15.8. The smallest absolute Gasteiger partial charge is 0.297 e. The molecule has 0 radical (unpaired) electrons. The van der Waals surface area contributed by atoms with E-state index in [4.69, 9.17) is 23.1 Å².